The van der Waals surface area contributed by atoms with Crippen LogP contribution in [0.25, 0.3) is 0 Å². The third-order valence-corrected chi connectivity index (χ3v) is 3.01. The Hall–Kier alpha value is -1.48. The van der Waals surface area contributed by atoms with Crippen LogP contribution in [0.1, 0.15) is 19.8 Å². The zero-order chi connectivity index (χ0) is 12.5. The van der Waals surface area contributed by atoms with Gasteiger partial charge in [-0.25, -0.2) is 0 Å². The van der Waals surface area contributed by atoms with Gasteiger partial charge in [-0.1, -0.05) is 25.1 Å². The number of nitriles is 1. The molecule has 0 radical (unpaired) electrons. The van der Waals surface area contributed by atoms with Crippen molar-refractivity contribution in [2.45, 2.75) is 19.8 Å². The lowest BCUT2D eigenvalue weighted by Gasteiger charge is -2.03. The topological polar surface area (TPSA) is 77.3 Å². The monoisotopic (exact) mass is 252 g/mol. The average molecular weight is 252 g/mol. The third-order valence-electron chi connectivity index (χ3n) is 2.11. The van der Waals surface area contributed by atoms with Crippen molar-refractivity contribution in [2.75, 3.05) is 18.8 Å². The van der Waals surface area contributed by atoms with Gasteiger partial charge in [0.05, 0.1) is 6.54 Å². The summed E-state index contributed by atoms with van der Waals surface area (Å²) in [6.45, 7) is 3.43. The maximum atomic E-state index is 11.6. The molecule has 0 aromatic heterocycles. The number of aliphatic imine (C=N–C) groups is 1. The minimum atomic E-state index is -0.336. The molecule has 5 nitrogen and oxygen atoms in total. The van der Waals surface area contributed by atoms with E-state index in [1.807, 2.05) is 13.0 Å². The van der Waals surface area contributed by atoms with E-state index in [1.54, 1.807) is 11.8 Å². The Morgan fingerprint density at radius 1 is 1.71 bits per heavy atom. The highest BCUT2D eigenvalue weighted by atomic mass is 32.2. The Kier molecular flexibility index (Phi) is 6.18. The van der Waals surface area contributed by atoms with Gasteiger partial charge in [0, 0.05) is 18.5 Å². The van der Waals surface area contributed by atoms with Crippen LogP contribution in [0.5, 0.6) is 0 Å². The van der Waals surface area contributed by atoms with Crippen molar-refractivity contribution in [2.24, 2.45) is 4.99 Å². The van der Waals surface area contributed by atoms with Crippen molar-refractivity contribution in [3.8, 4) is 6.07 Å². The summed E-state index contributed by atoms with van der Waals surface area (Å²) in [5.41, 5.74) is 0.0799. The maximum Gasteiger partial charge on any atom is 0.263 e. The van der Waals surface area contributed by atoms with Crippen molar-refractivity contribution in [3.05, 3.63) is 11.8 Å². The molecular formula is C11H16N4OS. The van der Waals surface area contributed by atoms with Crippen LogP contribution >= 0.6 is 11.8 Å². The molecular weight excluding hydrogens is 236 g/mol. The first-order valence-corrected chi connectivity index (χ1v) is 6.58. The first kappa shape index (κ1) is 13.6. The van der Waals surface area contributed by atoms with E-state index >= 15 is 0 Å². The molecule has 0 saturated carbocycles. The number of carbonyl (C=O) groups excluding carboxylic acids is 1. The lowest BCUT2D eigenvalue weighted by atomic mass is 10.3. The number of rotatable bonds is 5. The highest BCUT2D eigenvalue weighted by molar-refractivity contribution is 8.14. The molecule has 17 heavy (non-hydrogen) atoms. The van der Waals surface area contributed by atoms with Gasteiger partial charge in [0.2, 0.25) is 0 Å². The van der Waals surface area contributed by atoms with E-state index in [2.05, 4.69) is 15.6 Å². The van der Waals surface area contributed by atoms with Crippen LogP contribution in [0.4, 0.5) is 0 Å². The molecule has 1 amide bonds. The summed E-state index contributed by atoms with van der Waals surface area (Å²) in [6, 6.07) is 1.88. The maximum absolute atomic E-state index is 11.6. The Bertz CT molecular complexity index is 370. The molecule has 0 saturated heterocycles. The van der Waals surface area contributed by atoms with E-state index in [9.17, 15) is 4.79 Å². The molecule has 0 aromatic rings. The fourth-order valence-electron chi connectivity index (χ4n) is 1.18. The number of nitrogens with zero attached hydrogens (tertiary/aromatic N) is 2. The number of nitrogens with one attached hydrogen (secondary N) is 2. The summed E-state index contributed by atoms with van der Waals surface area (Å²) in [5.74, 6) is 0.609. The number of unbranched alkanes of at least 4 members (excludes halogenated alkanes) is 1. The van der Waals surface area contributed by atoms with Crippen molar-refractivity contribution < 1.29 is 4.79 Å². The van der Waals surface area contributed by atoms with E-state index < -0.39 is 0 Å². The fraction of sp³-hybridized carbons (Fsp3) is 0.545. The summed E-state index contributed by atoms with van der Waals surface area (Å²) >= 11 is 1.58. The SMILES string of the molecule is CCCCNC(=O)/C(C#N)=C\NC1=NCCS1. The average Bonchev–Trinajstić information content (AvgIpc) is 2.83. The van der Waals surface area contributed by atoms with Crippen LogP contribution < -0.4 is 10.6 Å². The second-order valence-corrected chi connectivity index (χ2v) is 4.54. The molecule has 0 atom stereocenters. The number of carbonyl (C=O) groups is 1. The minimum absolute atomic E-state index is 0.0799. The second kappa shape index (κ2) is 7.74. The number of amides is 1. The predicted molar refractivity (Wildman–Crippen MR) is 69.5 cm³/mol. The molecule has 0 bridgehead atoms. The summed E-state index contributed by atoms with van der Waals surface area (Å²) in [6.07, 6.45) is 3.34. The summed E-state index contributed by atoms with van der Waals surface area (Å²) in [5, 5.41) is 15.2. The zero-order valence-electron chi connectivity index (χ0n) is 9.82. The molecule has 0 aliphatic carbocycles. The number of hydrogen-bond donors (Lipinski definition) is 2. The standard InChI is InChI=1S/C11H16N4OS/c1-2-3-4-13-10(16)9(7-12)8-15-11-14-5-6-17-11/h8H,2-6H2,1H3,(H,13,16)(H,14,15)/b9-8-. The molecule has 2 N–H and O–H groups in total. The molecule has 92 valence electrons. The quantitative estimate of drug-likeness (QED) is 0.435. The van der Waals surface area contributed by atoms with Gasteiger partial charge >= 0.3 is 0 Å². The van der Waals surface area contributed by atoms with Crippen LogP contribution in [0.2, 0.25) is 0 Å². The van der Waals surface area contributed by atoms with Gasteiger partial charge in [-0.3, -0.25) is 9.79 Å². The van der Waals surface area contributed by atoms with Crippen molar-refractivity contribution in [3.63, 3.8) is 0 Å². The van der Waals surface area contributed by atoms with E-state index in [4.69, 9.17) is 5.26 Å². The van der Waals surface area contributed by atoms with Gasteiger partial charge in [-0.15, -0.1) is 0 Å². The van der Waals surface area contributed by atoms with E-state index in [0.717, 1.165) is 30.3 Å². The Labute approximate surface area is 105 Å². The highest BCUT2D eigenvalue weighted by Crippen LogP contribution is 2.08. The number of hydrogen-bond acceptors (Lipinski definition) is 5. The third kappa shape index (κ3) is 4.91. The molecule has 1 aliphatic heterocycles. The fourth-order valence-corrected chi connectivity index (χ4v) is 1.88. The second-order valence-electron chi connectivity index (χ2n) is 3.46. The minimum Gasteiger partial charge on any atom is -0.351 e. The predicted octanol–water partition coefficient (Wildman–Crippen LogP) is 1.00. The molecule has 0 unspecified atom stereocenters. The van der Waals surface area contributed by atoms with Crippen LogP contribution in [-0.4, -0.2) is 29.9 Å². The Balaban J connectivity index is 2.43. The molecule has 6 heteroatoms. The summed E-state index contributed by atoms with van der Waals surface area (Å²) in [4.78, 5) is 15.7. The van der Waals surface area contributed by atoms with Gasteiger partial charge in [0.25, 0.3) is 5.91 Å². The first-order valence-electron chi connectivity index (χ1n) is 5.60. The zero-order valence-corrected chi connectivity index (χ0v) is 10.6. The Morgan fingerprint density at radius 2 is 2.53 bits per heavy atom. The Morgan fingerprint density at radius 3 is 3.12 bits per heavy atom. The molecule has 1 rings (SSSR count). The van der Waals surface area contributed by atoms with Crippen LogP contribution in [-0.2, 0) is 4.79 Å². The normalized spacial score (nSPS) is 15.1. The van der Waals surface area contributed by atoms with Crippen molar-refractivity contribution >= 4 is 22.8 Å². The van der Waals surface area contributed by atoms with E-state index in [1.165, 1.54) is 6.20 Å². The van der Waals surface area contributed by atoms with E-state index in [0.29, 0.717) is 6.54 Å². The number of amidine groups is 1. The van der Waals surface area contributed by atoms with Crippen molar-refractivity contribution in [1.82, 2.24) is 10.6 Å². The van der Waals surface area contributed by atoms with Crippen LogP contribution in [0.3, 0.4) is 0 Å². The largest absolute Gasteiger partial charge is 0.351 e. The molecule has 0 aromatic carbocycles. The molecule has 1 heterocycles. The van der Waals surface area contributed by atoms with Gasteiger partial charge < -0.3 is 10.6 Å². The molecule has 0 fully saturated rings. The lowest BCUT2D eigenvalue weighted by molar-refractivity contribution is -0.117. The van der Waals surface area contributed by atoms with Crippen LogP contribution in [0.15, 0.2) is 16.8 Å². The van der Waals surface area contributed by atoms with E-state index in [-0.39, 0.29) is 11.5 Å². The van der Waals surface area contributed by atoms with Crippen LogP contribution in [0, 0.1) is 11.3 Å². The molecule has 0 spiro atoms. The van der Waals surface area contributed by atoms with Gasteiger partial charge in [0.1, 0.15) is 11.6 Å². The molecule has 1 aliphatic rings. The first-order chi connectivity index (χ1) is 8.27. The highest BCUT2D eigenvalue weighted by Gasteiger charge is 2.09. The van der Waals surface area contributed by atoms with Crippen molar-refractivity contribution in [1.29, 1.82) is 5.26 Å². The summed E-state index contributed by atoms with van der Waals surface area (Å²) in [7, 11) is 0. The van der Waals surface area contributed by atoms with Gasteiger partial charge in [0.15, 0.2) is 5.17 Å². The smallest absolute Gasteiger partial charge is 0.263 e. The number of thioether (sulfide) groups is 1. The van der Waals surface area contributed by atoms with Gasteiger partial charge in [-0.2, -0.15) is 5.26 Å². The lowest BCUT2D eigenvalue weighted by Crippen LogP contribution is -2.27. The van der Waals surface area contributed by atoms with Gasteiger partial charge in [-0.05, 0) is 6.42 Å². The summed E-state index contributed by atoms with van der Waals surface area (Å²) < 4.78 is 0.